The number of nitrogen functional groups attached to an aromatic ring is 3. The van der Waals surface area contributed by atoms with Gasteiger partial charge in [-0.05, 0) is 154 Å². The van der Waals surface area contributed by atoms with Gasteiger partial charge in [0.15, 0.2) is 23.7 Å². The second kappa shape index (κ2) is 58.3. The number of aliphatic imine (C=N–C) groups is 2. The predicted octanol–water partition coefficient (Wildman–Crippen LogP) is 7.57. The Balaban J connectivity index is 0.000000329. The molecule has 0 aliphatic carbocycles. The van der Waals surface area contributed by atoms with Gasteiger partial charge in [-0.1, -0.05) is 53.7 Å². The monoisotopic (exact) mass is 1600 g/mol. The largest absolute Gasteiger partial charge is 0.396 e. The molecular formula is C79H113N37O. The SMILES string of the molecule is Cc1ccc(=O)[nH]n1.Cc1ccc(N)nn1.Cc1ccccc1CNC1=NCCN1.Cc1ccccc1CNC1=NCCN1C.Cc1cccnn1.Cc1ccnnc1.Cc1cnc(N)[nH]1.Cc1cnc[nH]1.Cc1ncc[nH]1.Cc1ncncc1CN.Cc1ncncc1N.Cc1ncncc1N(C)C.Cc1nn[nH]n1.Cn1ccnc1. The topological polar surface area (TPSA) is 530 Å². The number of aromatic nitrogens is 26. The van der Waals surface area contributed by atoms with Crippen molar-refractivity contribution in [2.75, 3.05) is 69.4 Å². The van der Waals surface area contributed by atoms with Crippen LogP contribution in [0.4, 0.5) is 23.1 Å². The summed E-state index contributed by atoms with van der Waals surface area (Å²) in [7, 11) is 7.96. The minimum absolute atomic E-state index is 0.157. The molecule has 0 bridgehead atoms. The number of hydrogen-bond acceptors (Lipinski definition) is 32. The van der Waals surface area contributed by atoms with E-state index in [-0.39, 0.29) is 5.56 Å². The maximum atomic E-state index is 10.3. The highest BCUT2D eigenvalue weighted by atomic mass is 16.1. The number of nitrogens with two attached hydrogens (primary N) is 4. The molecule has 0 radical (unpaired) electrons. The van der Waals surface area contributed by atoms with E-state index in [4.69, 9.17) is 22.9 Å². The number of aromatic amines is 5. The highest BCUT2D eigenvalue weighted by Crippen LogP contribution is 2.12. The van der Waals surface area contributed by atoms with E-state index in [1.807, 2.05) is 137 Å². The van der Waals surface area contributed by atoms with Crippen molar-refractivity contribution >= 4 is 35.1 Å². The number of rotatable bonds is 6. The van der Waals surface area contributed by atoms with E-state index in [9.17, 15) is 4.79 Å². The summed E-state index contributed by atoms with van der Waals surface area (Å²) in [6.45, 7) is 31.1. The summed E-state index contributed by atoms with van der Waals surface area (Å²) in [5.41, 5.74) is 37.8. The maximum absolute atomic E-state index is 10.3. The summed E-state index contributed by atoms with van der Waals surface area (Å²) in [6, 6.07) is 29.2. The van der Waals surface area contributed by atoms with Crippen molar-refractivity contribution < 1.29 is 0 Å². The van der Waals surface area contributed by atoms with Gasteiger partial charge in [0.2, 0.25) is 0 Å². The molecule has 2 aromatic carbocycles. The Kier molecular flexibility index (Phi) is 48.2. The fourth-order valence-electron chi connectivity index (χ4n) is 8.25. The first-order chi connectivity index (χ1) is 56.2. The third-order valence-corrected chi connectivity index (χ3v) is 14.8. The highest BCUT2D eigenvalue weighted by molar-refractivity contribution is 5.81. The number of anilines is 4. The Morgan fingerprint density at radius 1 is 0.538 bits per heavy atom. The number of hydrogen-bond donors (Lipinski definition) is 12. The van der Waals surface area contributed by atoms with Crippen LogP contribution in [0.5, 0.6) is 0 Å². The molecule has 0 unspecified atom stereocenters. The van der Waals surface area contributed by atoms with Crippen molar-refractivity contribution in [2.45, 2.75) is 110 Å². The Morgan fingerprint density at radius 2 is 1.21 bits per heavy atom. The lowest BCUT2D eigenvalue weighted by Gasteiger charge is -2.15. The number of H-pyrrole nitrogens is 5. The summed E-state index contributed by atoms with van der Waals surface area (Å²) < 4.78 is 1.89. The summed E-state index contributed by atoms with van der Waals surface area (Å²) in [5, 5.41) is 50.4. The Bertz CT molecular complexity index is 4660. The van der Waals surface area contributed by atoms with Gasteiger partial charge in [0.25, 0.3) is 5.56 Å². The molecule has 117 heavy (non-hydrogen) atoms. The fraction of sp³-hybridized carbons (Fsp3) is 0.304. The van der Waals surface area contributed by atoms with Gasteiger partial charge < -0.3 is 68.2 Å². The first-order valence-electron chi connectivity index (χ1n) is 36.6. The molecule has 2 aliphatic rings. The smallest absolute Gasteiger partial charge is 0.264 e. The second-order valence-corrected chi connectivity index (χ2v) is 25.1. The van der Waals surface area contributed by atoms with Crippen LogP contribution in [-0.2, 0) is 26.7 Å². The van der Waals surface area contributed by atoms with Crippen molar-refractivity contribution in [3.05, 3.63) is 298 Å². The first-order valence-corrected chi connectivity index (χ1v) is 36.6. The summed E-state index contributed by atoms with van der Waals surface area (Å²) in [5.74, 6) is 4.53. The van der Waals surface area contributed by atoms with Crippen molar-refractivity contribution in [3.8, 4) is 0 Å². The van der Waals surface area contributed by atoms with Gasteiger partial charge in [0.1, 0.15) is 30.6 Å². The molecule has 16 N–H and O–H groups in total. The number of tetrazole rings is 1. The predicted molar refractivity (Wildman–Crippen MR) is 459 cm³/mol. The average molecular weight is 1600 g/mol. The van der Waals surface area contributed by atoms with Gasteiger partial charge in [0, 0.05) is 145 Å². The second-order valence-electron chi connectivity index (χ2n) is 25.1. The lowest BCUT2D eigenvalue weighted by Crippen LogP contribution is -2.35. The molecule has 0 saturated heterocycles. The molecule has 0 atom stereocenters. The Morgan fingerprint density at radius 3 is 1.55 bits per heavy atom. The number of likely N-dealkylation sites (N-methyl/N-ethyl adjacent to an activating group) is 1. The quantitative estimate of drug-likeness (QED) is 0.0763. The molecule has 0 spiro atoms. The molecule has 14 heterocycles. The van der Waals surface area contributed by atoms with Crippen LogP contribution in [0.2, 0.25) is 0 Å². The zero-order valence-electron chi connectivity index (χ0n) is 69.8. The summed E-state index contributed by atoms with van der Waals surface area (Å²) >= 11 is 0. The van der Waals surface area contributed by atoms with Gasteiger partial charge in [-0.3, -0.25) is 14.8 Å². The lowest BCUT2D eigenvalue weighted by atomic mass is 10.1. The van der Waals surface area contributed by atoms with Gasteiger partial charge in [0.05, 0.1) is 84.2 Å². The van der Waals surface area contributed by atoms with E-state index < -0.39 is 0 Å². The zero-order chi connectivity index (χ0) is 85.8. The number of nitrogens with one attached hydrogen (secondary N) is 8. The molecule has 12 aromatic heterocycles. The van der Waals surface area contributed by atoms with Crippen LogP contribution in [0, 0.1) is 90.0 Å². The zero-order valence-corrected chi connectivity index (χ0v) is 69.8. The average Bonchev–Trinajstić information content (AvgIpc) is 1.02. The van der Waals surface area contributed by atoms with Crippen LogP contribution in [0.15, 0.2) is 212 Å². The maximum Gasteiger partial charge on any atom is 0.264 e. The molecule has 14 aromatic rings. The molecule has 38 heteroatoms. The fourth-order valence-corrected chi connectivity index (χ4v) is 8.25. The molecule has 0 fully saturated rings. The van der Waals surface area contributed by atoms with Gasteiger partial charge in [-0.15, -0.1) is 15.3 Å². The Labute approximate surface area is 683 Å². The number of nitrogens with zero attached hydrogens (tertiary/aromatic N) is 25. The Hall–Kier alpha value is -14.6. The molecule has 620 valence electrons. The highest BCUT2D eigenvalue weighted by Gasteiger charge is 2.12. The third-order valence-electron chi connectivity index (χ3n) is 14.8. The van der Waals surface area contributed by atoms with Crippen LogP contribution < -0.4 is 49.3 Å². The number of aryl methyl sites for hydroxylation is 14. The lowest BCUT2D eigenvalue weighted by molar-refractivity contribution is 0.534. The van der Waals surface area contributed by atoms with Gasteiger partial charge >= 0.3 is 0 Å². The molecule has 0 amide bonds. The summed E-state index contributed by atoms with van der Waals surface area (Å²) in [6.07, 6.45) is 28.8. The van der Waals surface area contributed by atoms with E-state index in [2.05, 4.69) is 226 Å². The van der Waals surface area contributed by atoms with Gasteiger partial charge in [-0.25, -0.2) is 54.9 Å². The van der Waals surface area contributed by atoms with Gasteiger partial charge in [-0.2, -0.15) is 35.8 Å². The molecule has 2 aliphatic heterocycles. The van der Waals surface area contributed by atoms with Crippen LogP contribution in [0.1, 0.15) is 90.6 Å². The normalized spacial score (nSPS) is 10.6. The van der Waals surface area contributed by atoms with E-state index in [1.54, 1.807) is 100 Å². The van der Waals surface area contributed by atoms with E-state index in [0.29, 0.717) is 29.8 Å². The van der Waals surface area contributed by atoms with Crippen LogP contribution in [0.3, 0.4) is 0 Å². The van der Waals surface area contributed by atoms with Crippen molar-refractivity contribution in [1.82, 2.24) is 152 Å². The molecule has 0 saturated carbocycles. The standard InChI is InChI=1S/C12H17N3.C11H15N3.C7H11N3.C6H9N3.2C5H7N3.C5H6N2O.2C5H6N2.C4H7N3.3C4H6N2.C2H4N4/c1-10-5-3-4-6-11(10)9-14-12-13-7-8-15(12)2;1-9-4-2-3-5-10(9)8-14-11-12-6-7-13-11;1-6-7(10(2)3)4-8-5-9-6;1-5-6(2-7)3-8-4-9-5;1-4-5(6)2-7-3-8-4;1-4-2-3-5(6)8-7-4;1-4-2-3-5(8)7-6-4;1-5-2-3-6-7-4-5;1-5-3-2-4-6-7-5;1-3-2-6-4(5)7-3;1-4-2-5-3-6-4;1-6-3-2-5-4-6;1-4-5-2-3-6-4;1-2-3-5-6-4-2/h3-6H,7-9H2,1-2H3,(H,13,14);2-5H,6-8H2,1H3,(H2,12,13,14);4-5H,1-3H3;3-4H,2,7H2,1H3;2-3H,6H2,1H3;2-3H,1H3,(H2,6,8);2-3H,1H3,(H,7,8);2*2-4H,1H3;2H,1H3,(H3,5,6,7);2-3H,1H3,(H,5,6);2-4H,1H3;2-3H,1H3,(H,5,6);1H3,(H,3,4,5,6). The molecule has 38 nitrogen and oxygen atoms in total. The van der Waals surface area contributed by atoms with Crippen LogP contribution in [0.25, 0.3) is 0 Å². The number of guanidine groups is 2. The van der Waals surface area contributed by atoms with Crippen molar-refractivity contribution in [2.24, 2.45) is 22.8 Å². The third kappa shape index (κ3) is 46.8. The van der Waals surface area contributed by atoms with E-state index in [0.717, 1.165) is 119 Å². The molecular weight excluding hydrogens is 1480 g/mol. The minimum Gasteiger partial charge on any atom is -0.396 e. The number of benzene rings is 2. The minimum atomic E-state index is -0.157. The number of imidazole rings is 4. The van der Waals surface area contributed by atoms with Crippen molar-refractivity contribution in [3.63, 3.8) is 0 Å². The molecule has 16 rings (SSSR count). The van der Waals surface area contributed by atoms with Crippen molar-refractivity contribution in [1.29, 1.82) is 0 Å². The first kappa shape index (κ1) is 96.6. The van der Waals surface area contributed by atoms with E-state index in [1.165, 1.54) is 41.0 Å². The summed E-state index contributed by atoms with van der Waals surface area (Å²) in [4.78, 5) is 70.1. The van der Waals surface area contributed by atoms with Crippen LogP contribution >= 0.6 is 0 Å². The van der Waals surface area contributed by atoms with E-state index >= 15 is 0 Å². The van der Waals surface area contributed by atoms with Crippen LogP contribution in [-0.4, -0.2) is 195 Å².